The first-order valence-electron chi connectivity index (χ1n) is 5.73. The van der Waals surface area contributed by atoms with E-state index in [-0.39, 0.29) is 17.9 Å². The van der Waals surface area contributed by atoms with Crippen molar-refractivity contribution < 1.29 is 17.4 Å². The van der Waals surface area contributed by atoms with E-state index in [4.69, 9.17) is 4.18 Å². The van der Waals surface area contributed by atoms with Crippen molar-refractivity contribution in [3.8, 4) is 0 Å². The lowest BCUT2D eigenvalue weighted by atomic mass is 10.1. The molecule has 0 atom stereocenters. The third kappa shape index (κ3) is 4.16. The van der Waals surface area contributed by atoms with Crippen LogP contribution < -0.4 is 0 Å². The van der Waals surface area contributed by atoms with Gasteiger partial charge < -0.3 is 9.80 Å². The van der Waals surface area contributed by atoms with E-state index >= 15 is 0 Å². The molecule has 0 radical (unpaired) electrons. The van der Waals surface area contributed by atoms with Crippen molar-refractivity contribution in [2.75, 3.05) is 32.9 Å². The molecular formula is C10H20N2O4S. The SMILES string of the molecule is CCS(=O)(=O)OC1CCN(C(=O)N(C)C)CC1. The summed E-state index contributed by atoms with van der Waals surface area (Å²) in [4.78, 5) is 14.9. The summed E-state index contributed by atoms with van der Waals surface area (Å²) in [7, 11) is 0.0147. The van der Waals surface area contributed by atoms with Crippen molar-refractivity contribution in [2.45, 2.75) is 25.9 Å². The number of piperidine rings is 1. The van der Waals surface area contributed by atoms with E-state index in [0.717, 1.165) is 0 Å². The van der Waals surface area contributed by atoms with Crippen LogP contribution in [0.25, 0.3) is 0 Å². The molecule has 0 N–H and O–H groups in total. The van der Waals surface area contributed by atoms with Gasteiger partial charge in [0.15, 0.2) is 0 Å². The summed E-state index contributed by atoms with van der Waals surface area (Å²) >= 11 is 0. The zero-order valence-corrected chi connectivity index (χ0v) is 11.4. The zero-order valence-electron chi connectivity index (χ0n) is 10.5. The summed E-state index contributed by atoms with van der Waals surface area (Å²) in [5, 5.41) is 0. The Morgan fingerprint density at radius 3 is 2.29 bits per heavy atom. The van der Waals surface area contributed by atoms with Crippen LogP contribution in [0.1, 0.15) is 19.8 Å². The van der Waals surface area contributed by atoms with Gasteiger partial charge in [-0.25, -0.2) is 4.79 Å². The quantitative estimate of drug-likeness (QED) is 0.696. The van der Waals surface area contributed by atoms with Gasteiger partial charge in [0.2, 0.25) is 0 Å². The molecule has 1 aliphatic rings. The minimum Gasteiger partial charge on any atom is -0.331 e. The molecule has 0 spiro atoms. The van der Waals surface area contributed by atoms with Gasteiger partial charge in [-0.2, -0.15) is 8.42 Å². The van der Waals surface area contributed by atoms with Crippen molar-refractivity contribution in [1.29, 1.82) is 0 Å². The van der Waals surface area contributed by atoms with Crippen molar-refractivity contribution in [3.05, 3.63) is 0 Å². The summed E-state index contributed by atoms with van der Waals surface area (Å²) < 4.78 is 27.6. The average molecular weight is 264 g/mol. The van der Waals surface area contributed by atoms with E-state index in [9.17, 15) is 13.2 Å². The Labute approximate surface area is 103 Å². The maximum atomic E-state index is 11.6. The predicted octanol–water partition coefficient (Wildman–Crippen LogP) is 0.499. The average Bonchev–Trinajstić information content (AvgIpc) is 2.28. The van der Waals surface area contributed by atoms with Crippen LogP contribution in [-0.2, 0) is 14.3 Å². The molecule has 0 aromatic carbocycles. The van der Waals surface area contributed by atoms with Crippen LogP contribution in [0.5, 0.6) is 0 Å². The number of nitrogens with zero attached hydrogens (tertiary/aromatic N) is 2. The van der Waals surface area contributed by atoms with Crippen molar-refractivity contribution in [3.63, 3.8) is 0 Å². The summed E-state index contributed by atoms with van der Waals surface area (Å²) in [6.45, 7) is 2.64. The summed E-state index contributed by atoms with van der Waals surface area (Å²) in [6, 6.07) is -0.0400. The molecule has 100 valence electrons. The third-order valence-electron chi connectivity index (χ3n) is 2.73. The number of amides is 2. The maximum absolute atomic E-state index is 11.6. The van der Waals surface area contributed by atoms with Gasteiger partial charge in [0.25, 0.3) is 10.1 Å². The van der Waals surface area contributed by atoms with Crippen molar-refractivity contribution in [2.24, 2.45) is 0 Å². The summed E-state index contributed by atoms with van der Waals surface area (Å²) in [5.74, 6) is -0.0101. The molecule has 1 saturated heterocycles. The molecule has 1 fully saturated rings. The van der Waals surface area contributed by atoms with Gasteiger partial charge in [-0.3, -0.25) is 4.18 Å². The molecule has 0 aliphatic carbocycles. The van der Waals surface area contributed by atoms with Crippen LogP contribution >= 0.6 is 0 Å². The highest BCUT2D eigenvalue weighted by Crippen LogP contribution is 2.16. The van der Waals surface area contributed by atoms with Gasteiger partial charge >= 0.3 is 6.03 Å². The topological polar surface area (TPSA) is 66.9 Å². The first-order chi connectivity index (χ1) is 7.85. The van der Waals surface area contributed by atoms with E-state index in [1.807, 2.05) is 0 Å². The Hall–Kier alpha value is -0.820. The van der Waals surface area contributed by atoms with Gasteiger partial charge in [-0.05, 0) is 19.8 Å². The first-order valence-corrected chi connectivity index (χ1v) is 7.30. The van der Waals surface area contributed by atoms with E-state index in [1.165, 1.54) is 4.90 Å². The molecule has 1 heterocycles. The molecule has 1 rings (SSSR count). The number of urea groups is 1. The van der Waals surface area contributed by atoms with Crippen LogP contribution in [-0.4, -0.2) is 63.3 Å². The number of hydrogen-bond acceptors (Lipinski definition) is 4. The Bertz CT molecular complexity index is 359. The second-order valence-corrected chi connectivity index (χ2v) is 6.19. The van der Waals surface area contributed by atoms with E-state index < -0.39 is 10.1 Å². The van der Waals surface area contributed by atoms with Gasteiger partial charge in [0.05, 0.1) is 11.9 Å². The number of carbonyl (C=O) groups is 1. The summed E-state index contributed by atoms with van der Waals surface area (Å²) in [6.07, 6.45) is 0.851. The maximum Gasteiger partial charge on any atom is 0.319 e. The number of hydrogen-bond donors (Lipinski definition) is 0. The second kappa shape index (κ2) is 5.68. The van der Waals surface area contributed by atoms with Crippen LogP contribution in [0.3, 0.4) is 0 Å². The van der Waals surface area contributed by atoms with Crippen molar-refractivity contribution >= 4 is 16.1 Å². The predicted molar refractivity (Wildman–Crippen MR) is 64.2 cm³/mol. The highest BCUT2D eigenvalue weighted by atomic mass is 32.2. The number of rotatable bonds is 3. The lowest BCUT2D eigenvalue weighted by molar-refractivity contribution is 0.106. The normalized spacial score (nSPS) is 18.2. The first kappa shape index (κ1) is 14.2. The second-order valence-electron chi connectivity index (χ2n) is 4.31. The van der Waals surface area contributed by atoms with Gasteiger partial charge in [0, 0.05) is 27.2 Å². The van der Waals surface area contributed by atoms with Crippen LogP contribution in [0.4, 0.5) is 4.79 Å². The van der Waals surface area contributed by atoms with Gasteiger partial charge in [-0.15, -0.1) is 0 Å². The Kier molecular flexibility index (Phi) is 4.76. The molecular weight excluding hydrogens is 244 g/mol. The van der Waals surface area contributed by atoms with E-state index in [0.29, 0.717) is 25.9 Å². The summed E-state index contributed by atoms with van der Waals surface area (Å²) in [5.41, 5.74) is 0. The smallest absolute Gasteiger partial charge is 0.319 e. The molecule has 0 unspecified atom stereocenters. The number of likely N-dealkylation sites (tertiary alicyclic amines) is 1. The fourth-order valence-electron chi connectivity index (χ4n) is 1.70. The van der Waals surface area contributed by atoms with Gasteiger partial charge in [0.1, 0.15) is 0 Å². The highest BCUT2D eigenvalue weighted by molar-refractivity contribution is 7.86. The standard InChI is InChI=1S/C10H20N2O4S/c1-4-17(14,15)16-9-5-7-12(8-6-9)10(13)11(2)3/h9H,4-8H2,1-3H3. The molecule has 17 heavy (non-hydrogen) atoms. The Morgan fingerprint density at radius 2 is 1.88 bits per heavy atom. The molecule has 1 aliphatic heterocycles. The minimum atomic E-state index is -3.39. The molecule has 0 aromatic heterocycles. The molecule has 0 bridgehead atoms. The van der Waals surface area contributed by atoms with Crippen LogP contribution in [0, 0.1) is 0 Å². The molecule has 2 amide bonds. The fourth-order valence-corrected chi connectivity index (χ4v) is 2.44. The molecule has 7 heteroatoms. The van der Waals surface area contributed by atoms with Crippen molar-refractivity contribution in [1.82, 2.24) is 9.80 Å². The Morgan fingerprint density at radius 1 is 1.35 bits per heavy atom. The largest absolute Gasteiger partial charge is 0.331 e. The lowest BCUT2D eigenvalue weighted by Gasteiger charge is -2.33. The molecule has 0 aromatic rings. The minimum absolute atomic E-state index is 0.0101. The Balaban J connectivity index is 2.44. The fraction of sp³-hybridized carbons (Fsp3) is 0.900. The van der Waals surface area contributed by atoms with E-state index in [2.05, 4.69) is 0 Å². The monoisotopic (exact) mass is 264 g/mol. The zero-order chi connectivity index (χ0) is 13.1. The van der Waals surface area contributed by atoms with Crippen LogP contribution in [0.15, 0.2) is 0 Å². The molecule has 6 nitrogen and oxygen atoms in total. The highest BCUT2D eigenvalue weighted by Gasteiger charge is 2.26. The lowest BCUT2D eigenvalue weighted by Crippen LogP contribution is -2.45. The number of carbonyl (C=O) groups excluding carboxylic acids is 1. The van der Waals surface area contributed by atoms with Crippen LogP contribution in [0.2, 0.25) is 0 Å². The molecule has 0 saturated carbocycles. The van der Waals surface area contributed by atoms with Gasteiger partial charge in [-0.1, -0.05) is 0 Å². The van der Waals surface area contributed by atoms with E-state index in [1.54, 1.807) is 25.9 Å². The third-order valence-corrected chi connectivity index (χ3v) is 4.00.